The van der Waals surface area contributed by atoms with Gasteiger partial charge in [-0.1, -0.05) is 66.3 Å². The number of carbonyl (C=O) groups excluding carboxylic acids is 2. The van der Waals surface area contributed by atoms with Crippen LogP contribution in [0.1, 0.15) is 54.4 Å². The lowest BCUT2D eigenvalue weighted by molar-refractivity contribution is -0.140. The maximum absolute atomic E-state index is 12.6. The predicted molar refractivity (Wildman–Crippen MR) is 120 cm³/mol. The van der Waals surface area contributed by atoms with Gasteiger partial charge in [-0.2, -0.15) is 0 Å². The van der Waals surface area contributed by atoms with E-state index in [4.69, 9.17) is 0 Å². The summed E-state index contributed by atoms with van der Waals surface area (Å²) in [5.74, 6) is -0.126. The van der Waals surface area contributed by atoms with E-state index in [-0.39, 0.29) is 11.9 Å². The van der Waals surface area contributed by atoms with Crippen LogP contribution in [0.5, 0.6) is 0 Å². The second kappa shape index (κ2) is 9.12. The Morgan fingerprint density at radius 1 is 0.867 bits per heavy atom. The number of likely N-dealkylation sites (tertiary alicyclic amines) is 1. The Labute approximate surface area is 177 Å². The van der Waals surface area contributed by atoms with Gasteiger partial charge in [-0.25, -0.2) is 0 Å². The lowest BCUT2D eigenvalue weighted by atomic mass is 9.86. The van der Waals surface area contributed by atoms with Crippen LogP contribution in [-0.2, 0) is 14.3 Å². The normalized spacial score (nSPS) is 15.3. The van der Waals surface area contributed by atoms with E-state index in [1.165, 1.54) is 40.5 Å². The Hall–Kier alpha value is -3.14. The summed E-state index contributed by atoms with van der Waals surface area (Å²) in [4.78, 5) is 25.7. The number of ether oxygens (including phenoxy) is 1. The van der Waals surface area contributed by atoms with Crippen molar-refractivity contribution in [2.24, 2.45) is 0 Å². The summed E-state index contributed by atoms with van der Waals surface area (Å²) in [5.41, 5.74) is 7.74. The fraction of sp³-hybridized carbons (Fsp3) is 0.308. The summed E-state index contributed by atoms with van der Waals surface area (Å²) in [6, 6.07) is 17.1. The number of carbonyl (C=O) groups is 2. The van der Waals surface area contributed by atoms with Crippen molar-refractivity contribution in [2.75, 3.05) is 20.2 Å². The summed E-state index contributed by atoms with van der Waals surface area (Å²) >= 11 is 0. The van der Waals surface area contributed by atoms with Crippen molar-refractivity contribution in [2.45, 2.75) is 32.1 Å². The van der Waals surface area contributed by atoms with Crippen LogP contribution in [0.25, 0.3) is 17.7 Å². The molecule has 2 aromatic carbocycles. The Morgan fingerprint density at radius 3 is 2.00 bits per heavy atom. The van der Waals surface area contributed by atoms with Crippen molar-refractivity contribution in [1.29, 1.82) is 0 Å². The molecule has 0 atom stereocenters. The number of piperidine rings is 1. The van der Waals surface area contributed by atoms with E-state index in [1.54, 1.807) is 0 Å². The van der Waals surface area contributed by atoms with Crippen molar-refractivity contribution < 1.29 is 14.3 Å². The Balaban J connectivity index is 1.55. The number of esters is 1. The molecule has 1 saturated heterocycles. The molecule has 4 rings (SSSR count). The molecule has 1 aliphatic carbocycles. The highest BCUT2D eigenvalue weighted by atomic mass is 16.5. The maximum Gasteiger partial charge on any atom is 0.305 e. The molecule has 4 heteroatoms. The van der Waals surface area contributed by atoms with Crippen molar-refractivity contribution >= 4 is 29.6 Å². The van der Waals surface area contributed by atoms with Gasteiger partial charge in [0.25, 0.3) is 0 Å². The maximum atomic E-state index is 12.6. The molecule has 1 aliphatic heterocycles. The third kappa shape index (κ3) is 4.23. The average Bonchev–Trinajstić information content (AvgIpc) is 2.96. The van der Waals surface area contributed by atoms with Gasteiger partial charge in [0, 0.05) is 25.9 Å². The second-order valence-electron chi connectivity index (χ2n) is 7.80. The van der Waals surface area contributed by atoms with E-state index in [1.807, 2.05) is 4.90 Å². The van der Waals surface area contributed by atoms with Gasteiger partial charge in [0.05, 0.1) is 7.11 Å². The van der Waals surface area contributed by atoms with Crippen LogP contribution >= 0.6 is 0 Å². The van der Waals surface area contributed by atoms with Crippen molar-refractivity contribution in [3.63, 3.8) is 0 Å². The lowest BCUT2D eigenvalue weighted by Gasteiger charge is -2.30. The molecule has 2 aromatic rings. The first-order valence-electron chi connectivity index (χ1n) is 10.6. The molecule has 0 bridgehead atoms. The lowest BCUT2D eigenvalue weighted by Crippen LogP contribution is -2.36. The zero-order valence-corrected chi connectivity index (χ0v) is 17.4. The van der Waals surface area contributed by atoms with Gasteiger partial charge >= 0.3 is 5.97 Å². The van der Waals surface area contributed by atoms with E-state index in [0.29, 0.717) is 19.3 Å². The number of nitrogens with zero attached hydrogens (tertiary/aromatic N) is 1. The molecular formula is C26H27NO3. The molecule has 2 aliphatic rings. The number of hydrogen-bond donors (Lipinski definition) is 0. The van der Waals surface area contributed by atoms with Crippen LogP contribution in [0.15, 0.2) is 54.1 Å². The molecule has 0 radical (unpaired) electrons. The minimum Gasteiger partial charge on any atom is -0.469 e. The van der Waals surface area contributed by atoms with Crippen molar-refractivity contribution in [3.05, 3.63) is 76.4 Å². The predicted octanol–water partition coefficient (Wildman–Crippen LogP) is 4.94. The van der Waals surface area contributed by atoms with Crippen molar-refractivity contribution in [3.8, 4) is 0 Å². The van der Waals surface area contributed by atoms with Gasteiger partial charge < -0.3 is 9.64 Å². The SMILES string of the molecule is COC(=O)CCCC(=O)N1CCC(=C2c3ccccc3C=Cc3ccccc32)CC1. The molecule has 30 heavy (non-hydrogen) atoms. The molecule has 0 unspecified atom stereocenters. The standard InChI is InChI=1S/C26H27NO3/c1-30-25(29)12-6-11-24(28)27-17-15-21(16-18-27)26-22-9-4-2-7-19(22)13-14-20-8-3-5-10-23(20)26/h2-5,7-10,13-14H,6,11-12,15-18H2,1H3. The summed E-state index contributed by atoms with van der Waals surface area (Å²) < 4.78 is 4.65. The number of benzene rings is 2. The van der Waals surface area contributed by atoms with E-state index in [9.17, 15) is 9.59 Å². The van der Waals surface area contributed by atoms with Crippen LogP contribution in [0.3, 0.4) is 0 Å². The summed E-state index contributed by atoms with van der Waals surface area (Å²) in [6.07, 6.45) is 7.38. The molecule has 154 valence electrons. The molecule has 1 fully saturated rings. The zero-order valence-electron chi connectivity index (χ0n) is 17.4. The van der Waals surface area contributed by atoms with E-state index in [2.05, 4.69) is 65.4 Å². The van der Waals surface area contributed by atoms with Gasteiger partial charge in [0.2, 0.25) is 5.91 Å². The average molecular weight is 402 g/mol. The van der Waals surface area contributed by atoms with E-state index < -0.39 is 0 Å². The van der Waals surface area contributed by atoms with Crippen molar-refractivity contribution in [1.82, 2.24) is 4.90 Å². The molecule has 1 heterocycles. The first-order chi connectivity index (χ1) is 14.7. The number of hydrogen-bond acceptors (Lipinski definition) is 3. The van der Waals surface area contributed by atoms with Crippen LogP contribution in [-0.4, -0.2) is 37.0 Å². The van der Waals surface area contributed by atoms with Crippen LogP contribution in [0.2, 0.25) is 0 Å². The zero-order chi connectivity index (χ0) is 20.9. The molecule has 4 nitrogen and oxygen atoms in total. The molecule has 0 N–H and O–H groups in total. The Bertz CT molecular complexity index is 957. The smallest absolute Gasteiger partial charge is 0.305 e. The third-order valence-corrected chi connectivity index (χ3v) is 5.98. The quantitative estimate of drug-likeness (QED) is 0.582. The molecule has 0 aromatic heterocycles. The minimum absolute atomic E-state index is 0.131. The summed E-state index contributed by atoms with van der Waals surface area (Å²) in [7, 11) is 1.38. The van der Waals surface area contributed by atoms with Crippen LogP contribution < -0.4 is 0 Å². The van der Waals surface area contributed by atoms with Gasteiger partial charge in [-0.3, -0.25) is 9.59 Å². The number of methoxy groups -OCH3 is 1. The van der Waals surface area contributed by atoms with Crippen LogP contribution in [0, 0.1) is 0 Å². The molecule has 0 spiro atoms. The fourth-order valence-corrected chi connectivity index (χ4v) is 4.37. The second-order valence-corrected chi connectivity index (χ2v) is 7.80. The van der Waals surface area contributed by atoms with Gasteiger partial charge in [-0.05, 0) is 47.1 Å². The monoisotopic (exact) mass is 401 g/mol. The van der Waals surface area contributed by atoms with Gasteiger partial charge in [0.15, 0.2) is 0 Å². The first-order valence-corrected chi connectivity index (χ1v) is 10.6. The topological polar surface area (TPSA) is 46.6 Å². The first kappa shape index (κ1) is 20.1. The van der Waals surface area contributed by atoms with Gasteiger partial charge in [0.1, 0.15) is 0 Å². The number of amides is 1. The fourth-order valence-electron chi connectivity index (χ4n) is 4.37. The highest BCUT2D eigenvalue weighted by Gasteiger charge is 2.24. The molecular weight excluding hydrogens is 374 g/mol. The Morgan fingerprint density at radius 2 is 1.43 bits per heavy atom. The highest BCUT2D eigenvalue weighted by Crippen LogP contribution is 2.38. The third-order valence-electron chi connectivity index (χ3n) is 5.98. The van der Waals surface area contributed by atoms with E-state index >= 15 is 0 Å². The molecule has 0 saturated carbocycles. The van der Waals surface area contributed by atoms with Crippen LogP contribution in [0.4, 0.5) is 0 Å². The van der Waals surface area contributed by atoms with E-state index in [0.717, 1.165) is 25.9 Å². The molecule has 1 amide bonds. The van der Waals surface area contributed by atoms with Gasteiger partial charge in [-0.15, -0.1) is 0 Å². The minimum atomic E-state index is -0.257. The Kier molecular flexibility index (Phi) is 6.12. The largest absolute Gasteiger partial charge is 0.469 e. The number of rotatable bonds is 4. The summed E-state index contributed by atoms with van der Waals surface area (Å²) in [5, 5.41) is 0. The number of fused-ring (bicyclic) bond motifs is 2. The highest BCUT2D eigenvalue weighted by molar-refractivity contribution is 5.95. The summed E-state index contributed by atoms with van der Waals surface area (Å²) in [6.45, 7) is 1.46.